The molecule has 0 saturated carbocycles. The molecule has 2 aromatic carbocycles. The van der Waals surface area contributed by atoms with Crippen LogP contribution in [0.15, 0.2) is 54.9 Å². The molecule has 1 heterocycles. The summed E-state index contributed by atoms with van der Waals surface area (Å²) in [6.07, 6.45) is 2.28. The summed E-state index contributed by atoms with van der Waals surface area (Å²) in [5, 5.41) is 0.920. The summed E-state index contributed by atoms with van der Waals surface area (Å²) >= 11 is 0. The molecule has 0 spiro atoms. The van der Waals surface area contributed by atoms with E-state index in [0.717, 1.165) is 28.8 Å². The summed E-state index contributed by atoms with van der Waals surface area (Å²) in [5.74, 6) is 2.18. The van der Waals surface area contributed by atoms with Crippen LogP contribution < -0.4 is 14.2 Å². The van der Waals surface area contributed by atoms with Crippen LogP contribution in [0.25, 0.3) is 10.9 Å². The molecule has 0 atom stereocenters. The number of nitrogens with zero attached hydrogens (tertiary/aromatic N) is 2. The minimum Gasteiger partial charge on any atom is -0.497 e. The Hall–Kier alpha value is -2.82. The topological polar surface area (TPSA) is 53.5 Å². The van der Waals surface area contributed by atoms with Gasteiger partial charge in [-0.1, -0.05) is 18.2 Å². The standard InChI is InChI=1S/C18H18N2O3/c1-21-14-6-4-7-15(12-14)22-10-5-11-23-18-16-8-2-3-9-17(16)19-13-20-18/h2-4,6-9,12-13H,5,10-11H2,1H3. The number of methoxy groups -OCH3 is 1. The van der Waals surface area contributed by atoms with Crippen molar-refractivity contribution in [2.45, 2.75) is 6.42 Å². The molecule has 0 N–H and O–H groups in total. The highest BCUT2D eigenvalue weighted by Crippen LogP contribution is 2.21. The van der Waals surface area contributed by atoms with Crippen LogP contribution in [0.4, 0.5) is 0 Å². The monoisotopic (exact) mass is 310 g/mol. The van der Waals surface area contributed by atoms with Gasteiger partial charge in [0.05, 0.1) is 31.2 Å². The van der Waals surface area contributed by atoms with Crippen LogP contribution in [0.5, 0.6) is 17.4 Å². The Balaban J connectivity index is 1.49. The van der Waals surface area contributed by atoms with E-state index in [0.29, 0.717) is 19.1 Å². The van der Waals surface area contributed by atoms with Gasteiger partial charge in [-0.05, 0) is 24.3 Å². The number of fused-ring (bicyclic) bond motifs is 1. The van der Waals surface area contributed by atoms with Gasteiger partial charge in [0.15, 0.2) is 0 Å². The Morgan fingerprint density at radius 2 is 1.70 bits per heavy atom. The van der Waals surface area contributed by atoms with Crippen molar-refractivity contribution >= 4 is 10.9 Å². The van der Waals surface area contributed by atoms with E-state index < -0.39 is 0 Å². The summed E-state index contributed by atoms with van der Waals surface area (Å²) in [7, 11) is 1.64. The Kier molecular flexibility index (Phi) is 4.88. The van der Waals surface area contributed by atoms with E-state index in [2.05, 4.69) is 9.97 Å². The van der Waals surface area contributed by atoms with Crippen molar-refractivity contribution < 1.29 is 14.2 Å². The lowest BCUT2D eigenvalue weighted by Gasteiger charge is -2.09. The van der Waals surface area contributed by atoms with Crippen LogP contribution in [0.3, 0.4) is 0 Å². The van der Waals surface area contributed by atoms with Gasteiger partial charge in [0, 0.05) is 12.5 Å². The number of rotatable bonds is 7. The smallest absolute Gasteiger partial charge is 0.224 e. The zero-order valence-electron chi connectivity index (χ0n) is 12.9. The van der Waals surface area contributed by atoms with Gasteiger partial charge in [-0.15, -0.1) is 0 Å². The third-order valence-electron chi connectivity index (χ3n) is 3.34. The average molecular weight is 310 g/mol. The molecule has 0 radical (unpaired) electrons. The Labute approximate surface area is 134 Å². The number of hydrogen-bond donors (Lipinski definition) is 0. The molecule has 5 heteroatoms. The van der Waals surface area contributed by atoms with E-state index in [9.17, 15) is 0 Å². The summed E-state index contributed by atoms with van der Waals surface area (Å²) in [6.45, 7) is 1.10. The molecule has 1 aromatic heterocycles. The van der Waals surface area contributed by atoms with Crippen LogP contribution >= 0.6 is 0 Å². The maximum Gasteiger partial charge on any atom is 0.224 e. The van der Waals surface area contributed by atoms with Crippen LogP contribution in [0, 0.1) is 0 Å². The normalized spacial score (nSPS) is 10.5. The lowest BCUT2D eigenvalue weighted by molar-refractivity contribution is 0.243. The molecule has 0 bridgehead atoms. The number of para-hydroxylation sites is 1. The first-order valence-corrected chi connectivity index (χ1v) is 7.46. The van der Waals surface area contributed by atoms with Crippen LogP contribution in [0.1, 0.15) is 6.42 Å². The predicted molar refractivity (Wildman–Crippen MR) is 88.1 cm³/mol. The quantitative estimate of drug-likeness (QED) is 0.625. The van der Waals surface area contributed by atoms with Crippen molar-refractivity contribution in [3.63, 3.8) is 0 Å². The molecule has 0 saturated heterocycles. The molecule has 0 aliphatic heterocycles. The third-order valence-corrected chi connectivity index (χ3v) is 3.34. The molecule has 23 heavy (non-hydrogen) atoms. The summed E-state index contributed by atoms with van der Waals surface area (Å²) in [5.41, 5.74) is 0.880. The molecule has 0 fully saturated rings. The lowest BCUT2D eigenvalue weighted by atomic mass is 10.2. The minimum atomic E-state index is 0.533. The Morgan fingerprint density at radius 3 is 2.61 bits per heavy atom. The van der Waals surface area contributed by atoms with Crippen molar-refractivity contribution in [1.29, 1.82) is 0 Å². The van der Waals surface area contributed by atoms with Gasteiger partial charge >= 0.3 is 0 Å². The Morgan fingerprint density at radius 1 is 0.870 bits per heavy atom. The molecular weight excluding hydrogens is 292 g/mol. The molecule has 118 valence electrons. The zero-order chi connectivity index (χ0) is 15.9. The first-order valence-electron chi connectivity index (χ1n) is 7.46. The predicted octanol–water partition coefficient (Wildman–Crippen LogP) is 3.49. The second kappa shape index (κ2) is 7.45. The van der Waals surface area contributed by atoms with Gasteiger partial charge in [0.25, 0.3) is 0 Å². The molecule has 5 nitrogen and oxygen atoms in total. The van der Waals surface area contributed by atoms with Crippen molar-refractivity contribution in [2.75, 3.05) is 20.3 Å². The van der Waals surface area contributed by atoms with Gasteiger partial charge in [-0.2, -0.15) is 0 Å². The first-order chi connectivity index (χ1) is 11.4. The highest BCUT2D eigenvalue weighted by Gasteiger charge is 2.03. The maximum atomic E-state index is 5.75. The third kappa shape index (κ3) is 3.88. The fraction of sp³-hybridized carbons (Fsp3) is 0.222. The maximum absolute atomic E-state index is 5.75. The van der Waals surface area contributed by atoms with Gasteiger partial charge < -0.3 is 14.2 Å². The van der Waals surface area contributed by atoms with Gasteiger partial charge in [0.1, 0.15) is 17.8 Å². The lowest BCUT2D eigenvalue weighted by Crippen LogP contribution is -2.06. The fourth-order valence-corrected chi connectivity index (χ4v) is 2.20. The molecule has 0 amide bonds. The van der Waals surface area contributed by atoms with Gasteiger partial charge in [0.2, 0.25) is 5.88 Å². The highest BCUT2D eigenvalue weighted by molar-refractivity contribution is 5.82. The summed E-state index contributed by atoms with van der Waals surface area (Å²) < 4.78 is 16.6. The van der Waals surface area contributed by atoms with Crippen molar-refractivity contribution in [3.05, 3.63) is 54.9 Å². The van der Waals surface area contributed by atoms with E-state index in [1.807, 2.05) is 48.5 Å². The second-order valence-electron chi connectivity index (χ2n) is 4.93. The fourth-order valence-electron chi connectivity index (χ4n) is 2.20. The number of hydrogen-bond acceptors (Lipinski definition) is 5. The van der Waals surface area contributed by atoms with Crippen molar-refractivity contribution in [2.24, 2.45) is 0 Å². The van der Waals surface area contributed by atoms with E-state index in [1.54, 1.807) is 7.11 Å². The Bertz CT molecular complexity index is 772. The van der Waals surface area contributed by atoms with Gasteiger partial charge in [-0.3, -0.25) is 0 Å². The largest absolute Gasteiger partial charge is 0.497 e. The highest BCUT2D eigenvalue weighted by atomic mass is 16.5. The second-order valence-corrected chi connectivity index (χ2v) is 4.93. The SMILES string of the molecule is COc1cccc(OCCCOc2ncnc3ccccc23)c1. The minimum absolute atomic E-state index is 0.533. The van der Waals surface area contributed by atoms with Crippen molar-refractivity contribution in [3.8, 4) is 17.4 Å². The molecule has 0 aliphatic rings. The van der Waals surface area contributed by atoms with Crippen LogP contribution in [0.2, 0.25) is 0 Å². The molecule has 0 unspecified atom stereocenters. The van der Waals surface area contributed by atoms with E-state index in [1.165, 1.54) is 6.33 Å². The number of aromatic nitrogens is 2. The number of ether oxygens (including phenoxy) is 3. The number of benzene rings is 2. The molecule has 3 aromatic rings. The van der Waals surface area contributed by atoms with Crippen molar-refractivity contribution in [1.82, 2.24) is 9.97 Å². The van der Waals surface area contributed by atoms with Crippen LogP contribution in [-0.4, -0.2) is 30.3 Å². The molecule has 3 rings (SSSR count). The average Bonchev–Trinajstić information content (AvgIpc) is 2.62. The van der Waals surface area contributed by atoms with E-state index >= 15 is 0 Å². The summed E-state index contributed by atoms with van der Waals surface area (Å²) in [6, 6.07) is 15.3. The first kappa shape index (κ1) is 15.1. The van der Waals surface area contributed by atoms with E-state index in [4.69, 9.17) is 14.2 Å². The molecule has 0 aliphatic carbocycles. The summed E-state index contributed by atoms with van der Waals surface area (Å²) in [4.78, 5) is 8.41. The molecular formula is C18H18N2O3. The van der Waals surface area contributed by atoms with Gasteiger partial charge in [-0.25, -0.2) is 9.97 Å². The van der Waals surface area contributed by atoms with Crippen LogP contribution in [-0.2, 0) is 0 Å². The van der Waals surface area contributed by atoms with E-state index in [-0.39, 0.29) is 0 Å². The zero-order valence-corrected chi connectivity index (χ0v) is 12.9.